The number of halogens is 9. The number of benzene rings is 1. The Bertz CT molecular complexity index is 846. The molecule has 1 aliphatic rings. The zero-order valence-electron chi connectivity index (χ0n) is 14.1. The first kappa shape index (κ1) is 22.6. The predicted molar refractivity (Wildman–Crippen MR) is 87.1 cm³/mol. The van der Waals surface area contributed by atoms with Gasteiger partial charge in [-0.15, -0.1) is 0 Å². The molecule has 0 saturated heterocycles. The number of fused-ring (bicyclic) bond motifs is 1. The molecule has 0 bridgehead atoms. The summed E-state index contributed by atoms with van der Waals surface area (Å²) in [5, 5.41) is 0. The lowest BCUT2D eigenvalue weighted by Gasteiger charge is -2.41. The molecule has 0 aromatic heterocycles. The summed E-state index contributed by atoms with van der Waals surface area (Å²) in [6.07, 6.45) is -7.94. The van der Waals surface area contributed by atoms with Gasteiger partial charge in [-0.25, -0.2) is 4.79 Å². The van der Waals surface area contributed by atoms with E-state index in [2.05, 4.69) is 4.74 Å². The summed E-state index contributed by atoms with van der Waals surface area (Å²) in [5.41, 5.74) is -3.85. The second-order valence-electron chi connectivity index (χ2n) is 5.91. The van der Waals surface area contributed by atoms with Crippen molar-refractivity contribution in [2.75, 3.05) is 0 Å². The molecule has 0 fully saturated rings. The van der Waals surface area contributed by atoms with E-state index in [4.69, 9.17) is 16.3 Å². The number of esters is 1. The van der Waals surface area contributed by atoms with Gasteiger partial charge in [0.1, 0.15) is 10.6 Å². The fourth-order valence-electron chi connectivity index (χ4n) is 2.47. The van der Waals surface area contributed by atoms with Crippen molar-refractivity contribution in [3.05, 3.63) is 28.8 Å². The summed E-state index contributed by atoms with van der Waals surface area (Å²) in [6.45, 7) is 2.36. The van der Waals surface area contributed by atoms with Gasteiger partial charge in [-0.1, -0.05) is 38.0 Å². The summed E-state index contributed by atoms with van der Waals surface area (Å²) < 4.78 is 115. The molecule has 0 aliphatic carbocycles. The largest absolute Gasteiger partial charge is 0.475 e. The highest BCUT2D eigenvalue weighted by atomic mass is 35.5. The Kier molecular flexibility index (Phi) is 4.96. The molecule has 0 radical (unpaired) electrons. The van der Waals surface area contributed by atoms with E-state index < -0.39 is 61.4 Å². The van der Waals surface area contributed by atoms with Crippen LogP contribution >= 0.6 is 21.8 Å². The topological polar surface area (TPSA) is 35.5 Å². The van der Waals surface area contributed by atoms with Crippen LogP contribution in [-0.2, 0) is 16.0 Å². The van der Waals surface area contributed by atoms with E-state index in [1.54, 1.807) is 0 Å². The van der Waals surface area contributed by atoms with E-state index in [1.807, 2.05) is 0 Å². The van der Waals surface area contributed by atoms with Crippen LogP contribution in [0.25, 0.3) is 6.08 Å². The Labute approximate surface area is 159 Å². The maximum atomic E-state index is 13.3. The first-order valence-corrected chi connectivity index (χ1v) is 9.93. The van der Waals surface area contributed by atoms with Crippen LogP contribution in [0.3, 0.4) is 0 Å². The van der Waals surface area contributed by atoms with Crippen LogP contribution in [0.2, 0.25) is 0 Å². The zero-order valence-corrected chi connectivity index (χ0v) is 15.7. The minimum absolute atomic E-state index is 0.0474. The Morgan fingerprint density at radius 2 is 1.82 bits per heavy atom. The first-order valence-electron chi connectivity index (χ1n) is 7.54. The second-order valence-corrected chi connectivity index (χ2v) is 8.93. The summed E-state index contributed by atoms with van der Waals surface area (Å²) in [4.78, 5) is 9.61. The van der Waals surface area contributed by atoms with Crippen LogP contribution in [0, 0.1) is 0 Å². The zero-order chi connectivity index (χ0) is 21.8. The maximum absolute atomic E-state index is 13.3. The number of ether oxygens (including phenoxy) is 2. The van der Waals surface area contributed by atoms with Gasteiger partial charge in [-0.3, -0.25) is 0 Å². The number of carbonyl (C=O) groups is 1. The van der Waals surface area contributed by atoms with Crippen LogP contribution < -0.4 is 4.74 Å². The van der Waals surface area contributed by atoms with Crippen molar-refractivity contribution in [2.45, 2.75) is 43.0 Å². The van der Waals surface area contributed by atoms with Crippen LogP contribution in [0.15, 0.2) is 22.6 Å². The van der Waals surface area contributed by atoms with E-state index in [-0.39, 0.29) is 18.6 Å². The third-order valence-electron chi connectivity index (χ3n) is 3.63. The average Bonchev–Trinajstić information content (AvgIpc) is 2.48. The molecule has 1 aromatic rings. The highest BCUT2D eigenvalue weighted by Crippen LogP contribution is 3.02. The molecule has 0 saturated carbocycles. The monoisotopic (exact) mass is 460 g/mol. The molecule has 13 heteroatoms. The van der Waals surface area contributed by atoms with Gasteiger partial charge < -0.3 is 9.47 Å². The molecule has 0 spiro atoms. The van der Waals surface area contributed by atoms with E-state index >= 15 is 0 Å². The van der Waals surface area contributed by atoms with E-state index in [0.29, 0.717) is 6.08 Å². The van der Waals surface area contributed by atoms with Crippen molar-refractivity contribution in [3.8, 4) is 5.75 Å². The third kappa shape index (κ3) is 4.83. The van der Waals surface area contributed by atoms with E-state index in [9.17, 15) is 37.4 Å². The highest BCUT2D eigenvalue weighted by molar-refractivity contribution is 8.45. The van der Waals surface area contributed by atoms with Crippen molar-refractivity contribution < 1.29 is 46.9 Å². The van der Waals surface area contributed by atoms with Crippen molar-refractivity contribution in [2.24, 2.45) is 0 Å². The fourth-order valence-corrected chi connectivity index (χ4v) is 3.26. The Balaban J connectivity index is 2.75. The van der Waals surface area contributed by atoms with Crippen LogP contribution in [0.4, 0.5) is 32.6 Å². The molecular weight excluding hydrogens is 448 g/mol. The van der Waals surface area contributed by atoms with Gasteiger partial charge in [0.2, 0.25) is 6.10 Å². The van der Waals surface area contributed by atoms with Crippen LogP contribution in [-0.4, -0.2) is 23.8 Å². The van der Waals surface area contributed by atoms with Gasteiger partial charge in [0.05, 0.1) is 5.57 Å². The molecule has 1 heterocycles. The van der Waals surface area contributed by atoms with Gasteiger partial charge in [0, 0.05) is 5.56 Å². The average molecular weight is 461 g/mol. The van der Waals surface area contributed by atoms with Crippen molar-refractivity contribution in [3.63, 3.8) is 0 Å². The Morgan fingerprint density at radius 3 is 2.25 bits per heavy atom. The molecule has 160 valence electrons. The summed E-state index contributed by atoms with van der Waals surface area (Å²) >= 11 is 5.39. The van der Waals surface area contributed by atoms with Crippen molar-refractivity contribution in [1.82, 2.24) is 0 Å². The minimum Gasteiger partial charge on any atom is -0.475 e. The molecule has 0 N–H and O–H groups in total. The summed E-state index contributed by atoms with van der Waals surface area (Å²) in [7, 11) is -10.1. The van der Waals surface area contributed by atoms with Crippen LogP contribution in [0.5, 0.6) is 5.75 Å². The smallest absolute Gasteiger partial charge is 0.430 e. The third-order valence-corrected chi connectivity index (χ3v) is 4.84. The standard InChI is InChI=1S/C15H13ClF8O3S/c1-3-8-4-10(28(20,21,22,23)24)5-9-6-11(14(25)26-7(2)16)13(15(17,18)19)27-12(8)9/h4-7,13H,3H2,1-2H3. The second kappa shape index (κ2) is 6.15. The lowest BCUT2D eigenvalue weighted by Crippen LogP contribution is -2.41. The Morgan fingerprint density at radius 1 is 1.25 bits per heavy atom. The number of carbonyl (C=O) groups excluding carboxylic acids is 1. The quantitative estimate of drug-likeness (QED) is 0.283. The Hall–Kier alpha value is -1.69. The molecule has 2 rings (SSSR count). The maximum Gasteiger partial charge on any atom is 0.430 e. The van der Waals surface area contributed by atoms with Crippen molar-refractivity contribution in [1.29, 1.82) is 0 Å². The first-order chi connectivity index (χ1) is 12.3. The molecule has 3 nitrogen and oxygen atoms in total. The SMILES string of the molecule is CCc1cc(S(F)(F)(F)(F)F)cc2c1OC(C(F)(F)F)C(C(=O)OC(C)Cl)=C2. The predicted octanol–water partition coefficient (Wildman–Crippen LogP) is 6.74. The lowest BCUT2D eigenvalue weighted by atomic mass is 9.98. The number of hydrogen-bond donors (Lipinski definition) is 0. The van der Waals surface area contributed by atoms with Gasteiger partial charge in [0.25, 0.3) is 0 Å². The molecule has 28 heavy (non-hydrogen) atoms. The summed E-state index contributed by atoms with van der Waals surface area (Å²) in [5.74, 6) is -2.28. The van der Waals surface area contributed by atoms with Gasteiger partial charge in [-0.2, -0.15) is 13.2 Å². The number of hydrogen-bond acceptors (Lipinski definition) is 3. The lowest BCUT2D eigenvalue weighted by molar-refractivity contribution is -0.188. The number of aryl methyl sites for hydroxylation is 1. The molecule has 2 atom stereocenters. The molecule has 2 unspecified atom stereocenters. The normalized spacial score (nSPS) is 20.8. The van der Waals surface area contributed by atoms with Gasteiger partial charge in [-0.05, 0) is 37.1 Å². The molecule has 1 aromatic carbocycles. The minimum atomic E-state index is -10.1. The number of rotatable bonds is 4. The van der Waals surface area contributed by atoms with Gasteiger partial charge in [0.15, 0.2) is 5.56 Å². The summed E-state index contributed by atoms with van der Waals surface area (Å²) in [6, 6.07) is -0.00807. The fraction of sp³-hybridized carbons (Fsp3) is 0.400. The van der Waals surface area contributed by atoms with Gasteiger partial charge >= 0.3 is 22.4 Å². The van der Waals surface area contributed by atoms with E-state index in [1.165, 1.54) is 6.92 Å². The van der Waals surface area contributed by atoms with E-state index in [0.717, 1.165) is 6.92 Å². The van der Waals surface area contributed by atoms with Crippen molar-refractivity contribution >= 4 is 33.9 Å². The highest BCUT2D eigenvalue weighted by Gasteiger charge is 2.65. The molecule has 0 amide bonds. The molecular formula is C15H13ClF8O3S. The van der Waals surface area contributed by atoms with Crippen LogP contribution in [0.1, 0.15) is 25.0 Å². The number of alkyl halides is 4. The molecule has 1 aliphatic heterocycles.